The van der Waals surface area contributed by atoms with E-state index in [1.165, 1.54) is 6.92 Å². The molecule has 0 bridgehead atoms. The van der Waals surface area contributed by atoms with E-state index < -0.39 is 18.9 Å². The summed E-state index contributed by atoms with van der Waals surface area (Å²) in [5, 5.41) is 3.46. The van der Waals surface area contributed by atoms with Crippen molar-refractivity contribution in [2.24, 2.45) is 0 Å². The van der Waals surface area contributed by atoms with Crippen molar-refractivity contribution in [3.05, 3.63) is 11.9 Å². The number of rotatable bonds is 3. The number of alkyl halides is 4. The average molecular weight is 211 g/mol. The molecule has 3 nitrogen and oxygen atoms in total. The average Bonchev–Trinajstić information content (AvgIpc) is 2.35. The third-order valence-electron chi connectivity index (χ3n) is 1.82. The minimum atomic E-state index is -4.08. The fraction of sp³-hybridized carbons (Fsp3) is 0.571. The summed E-state index contributed by atoms with van der Waals surface area (Å²) in [4.78, 5) is 0. The van der Waals surface area contributed by atoms with Gasteiger partial charge >= 0.3 is 12.3 Å². The lowest BCUT2D eigenvalue weighted by atomic mass is 10.3. The predicted molar refractivity (Wildman–Crippen MR) is 42.3 cm³/mol. The van der Waals surface area contributed by atoms with E-state index in [9.17, 15) is 17.6 Å². The molecule has 0 saturated heterocycles. The van der Waals surface area contributed by atoms with Gasteiger partial charge in [-0.1, -0.05) is 0 Å². The largest absolute Gasteiger partial charge is 0.396 e. The molecule has 2 N–H and O–H groups in total. The van der Waals surface area contributed by atoms with E-state index in [0.29, 0.717) is 0 Å². The van der Waals surface area contributed by atoms with E-state index >= 15 is 0 Å². The fourth-order valence-electron chi connectivity index (χ4n) is 0.889. The molecular formula is C7H9F4N3. The second-order valence-corrected chi connectivity index (χ2v) is 2.90. The maximum Gasteiger partial charge on any atom is 0.326 e. The Hall–Kier alpha value is -1.27. The molecule has 7 heteroatoms. The summed E-state index contributed by atoms with van der Waals surface area (Å²) < 4.78 is 49.5. The van der Waals surface area contributed by atoms with Crippen LogP contribution in [0.15, 0.2) is 6.20 Å². The summed E-state index contributed by atoms with van der Waals surface area (Å²) in [7, 11) is 0. The summed E-state index contributed by atoms with van der Waals surface area (Å²) in [6.07, 6.45) is -2.55. The maximum absolute atomic E-state index is 12.6. The van der Waals surface area contributed by atoms with E-state index in [1.807, 2.05) is 0 Å². The summed E-state index contributed by atoms with van der Waals surface area (Å²) in [5.41, 5.74) is 5.78. The minimum Gasteiger partial charge on any atom is -0.396 e. The highest BCUT2D eigenvalue weighted by molar-refractivity contribution is 5.39. The van der Waals surface area contributed by atoms with Gasteiger partial charge in [0.05, 0.1) is 17.6 Å². The van der Waals surface area contributed by atoms with Gasteiger partial charge in [0.1, 0.15) is 6.54 Å². The van der Waals surface area contributed by atoms with Gasteiger partial charge in [0, 0.05) is 0 Å². The van der Waals surface area contributed by atoms with Crippen LogP contribution in [0.1, 0.15) is 5.69 Å². The lowest BCUT2D eigenvalue weighted by Gasteiger charge is -2.15. The van der Waals surface area contributed by atoms with E-state index in [-0.39, 0.29) is 11.4 Å². The Bertz CT molecular complexity index is 321. The number of nitrogens with two attached hydrogens (primary N) is 1. The molecule has 0 atom stereocenters. The lowest BCUT2D eigenvalue weighted by Crippen LogP contribution is -2.32. The Morgan fingerprint density at radius 1 is 1.57 bits per heavy atom. The highest BCUT2D eigenvalue weighted by Crippen LogP contribution is 2.25. The number of halogens is 4. The van der Waals surface area contributed by atoms with Crippen LogP contribution >= 0.6 is 0 Å². The second kappa shape index (κ2) is 3.47. The molecule has 0 amide bonds. The molecular weight excluding hydrogens is 202 g/mol. The van der Waals surface area contributed by atoms with Crippen molar-refractivity contribution < 1.29 is 17.6 Å². The van der Waals surface area contributed by atoms with Gasteiger partial charge in [-0.25, -0.2) is 8.78 Å². The molecule has 0 aliphatic rings. The first-order chi connectivity index (χ1) is 6.34. The molecule has 0 radical (unpaired) electrons. The van der Waals surface area contributed by atoms with Crippen LogP contribution in [0.2, 0.25) is 0 Å². The van der Waals surface area contributed by atoms with Crippen LogP contribution in [-0.4, -0.2) is 22.1 Å². The number of aromatic nitrogens is 2. The maximum atomic E-state index is 12.6. The second-order valence-electron chi connectivity index (χ2n) is 2.90. The number of anilines is 1. The van der Waals surface area contributed by atoms with E-state index in [4.69, 9.17) is 5.73 Å². The van der Waals surface area contributed by atoms with Crippen LogP contribution in [-0.2, 0) is 6.54 Å². The summed E-state index contributed by atoms with van der Waals surface area (Å²) in [6, 6.07) is 0. The molecule has 0 aromatic carbocycles. The minimum absolute atomic E-state index is 0.204. The van der Waals surface area contributed by atoms with Crippen LogP contribution in [0, 0.1) is 6.92 Å². The van der Waals surface area contributed by atoms with Crippen LogP contribution < -0.4 is 5.73 Å². The molecule has 80 valence electrons. The first kappa shape index (κ1) is 10.8. The summed E-state index contributed by atoms with van der Waals surface area (Å²) >= 11 is 0. The van der Waals surface area contributed by atoms with Gasteiger partial charge < -0.3 is 5.73 Å². The van der Waals surface area contributed by atoms with Gasteiger partial charge in [-0.15, -0.1) is 0 Å². The molecule has 1 aromatic rings. The Morgan fingerprint density at radius 2 is 2.14 bits per heavy atom. The van der Waals surface area contributed by atoms with Crippen molar-refractivity contribution in [2.75, 3.05) is 5.73 Å². The van der Waals surface area contributed by atoms with Crippen molar-refractivity contribution in [1.29, 1.82) is 0 Å². The Labute approximate surface area is 77.5 Å². The first-order valence-electron chi connectivity index (χ1n) is 3.78. The monoisotopic (exact) mass is 211 g/mol. The molecule has 0 aliphatic heterocycles. The molecule has 14 heavy (non-hydrogen) atoms. The fourth-order valence-corrected chi connectivity index (χ4v) is 0.889. The molecule has 0 unspecified atom stereocenters. The summed E-state index contributed by atoms with van der Waals surface area (Å²) in [6.45, 7) is 0.275. The topological polar surface area (TPSA) is 43.8 Å². The van der Waals surface area contributed by atoms with Crippen LogP contribution in [0.5, 0.6) is 0 Å². The standard InChI is InChI=1S/C7H9F4N3/c1-4-5(12)2-13-14(4)3-7(10,11)6(8)9/h2,6H,3,12H2,1H3. The van der Waals surface area contributed by atoms with Crippen molar-refractivity contribution in [3.8, 4) is 0 Å². The Morgan fingerprint density at radius 3 is 2.50 bits per heavy atom. The van der Waals surface area contributed by atoms with Crippen LogP contribution in [0.25, 0.3) is 0 Å². The summed E-state index contributed by atoms with van der Waals surface area (Å²) in [5.74, 6) is -4.08. The third kappa shape index (κ3) is 1.97. The SMILES string of the molecule is Cc1c(N)cnn1CC(F)(F)C(F)F. The molecule has 1 rings (SSSR count). The third-order valence-corrected chi connectivity index (χ3v) is 1.82. The van der Waals surface area contributed by atoms with Crippen molar-refractivity contribution in [1.82, 2.24) is 9.78 Å². The molecule has 0 fully saturated rings. The van der Waals surface area contributed by atoms with Gasteiger partial charge in [-0.2, -0.15) is 13.9 Å². The number of nitrogen functional groups attached to an aromatic ring is 1. The Kier molecular flexibility index (Phi) is 2.68. The Balaban J connectivity index is 2.84. The van der Waals surface area contributed by atoms with Crippen LogP contribution in [0.3, 0.4) is 0 Å². The molecule has 1 heterocycles. The predicted octanol–water partition coefficient (Wildman–Crippen LogP) is 1.67. The quantitative estimate of drug-likeness (QED) is 0.773. The van der Waals surface area contributed by atoms with Crippen molar-refractivity contribution >= 4 is 5.69 Å². The number of nitrogens with zero attached hydrogens (tertiary/aromatic N) is 2. The molecule has 0 aliphatic carbocycles. The lowest BCUT2D eigenvalue weighted by molar-refractivity contribution is -0.139. The zero-order chi connectivity index (χ0) is 10.9. The van der Waals surface area contributed by atoms with Gasteiger partial charge in [0.2, 0.25) is 0 Å². The number of hydrogen-bond donors (Lipinski definition) is 1. The zero-order valence-corrected chi connectivity index (χ0v) is 7.35. The molecule has 1 aromatic heterocycles. The zero-order valence-electron chi connectivity index (χ0n) is 7.35. The van der Waals surface area contributed by atoms with Gasteiger partial charge in [-0.05, 0) is 6.92 Å². The first-order valence-corrected chi connectivity index (χ1v) is 3.78. The molecule has 0 spiro atoms. The number of hydrogen-bond acceptors (Lipinski definition) is 2. The van der Waals surface area contributed by atoms with E-state index in [2.05, 4.69) is 5.10 Å². The molecule has 0 saturated carbocycles. The van der Waals surface area contributed by atoms with E-state index in [0.717, 1.165) is 10.9 Å². The van der Waals surface area contributed by atoms with Gasteiger partial charge in [0.15, 0.2) is 0 Å². The highest BCUT2D eigenvalue weighted by Gasteiger charge is 2.41. The highest BCUT2D eigenvalue weighted by atomic mass is 19.3. The van der Waals surface area contributed by atoms with Crippen molar-refractivity contribution in [3.63, 3.8) is 0 Å². The van der Waals surface area contributed by atoms with Gasteiger partial charge in [-0.3, -0.25) is 4.68 Å². The van der Waals surface area contributed by atoms with Crippen molar-refractivity contribution in [2.45, 2.75) is 25.8 Å². The normalized spacial score (nSPS) is 12.4. The smallest absolute Gasteiger partial charge is 0.326 e. The van der Waals surface area contributed by atoms with E-state index in [1.54, 1.807) is 0 Å². The van der Waals surface area contributed by atoms with Crippen LogP contribution in [0.4, 0.5) is 23.2 Å². The van der Waals surface area contributed by atoms with Gasteiger partial charge in [0.25, 0.3) is 0 Å².